The van der Waals surface area contributed by atoms with Crippen molar-refractivity contribution in [2.45, 2.75) is 39.2 Å². The summed E-state index contributed by atoms with van der Waals surface area (Å²) in [4.78, 5) is 16.4. The van der Waals surface area contributed by atoms with Crippen LogP contribution in [0.25, 0.3) is 0 Å². The highest BCUT2D eigenvalue weighted by Crippen LogP contribution is 2.14. The maximum absolute atomic E-state index is 12.0. The maximum atomic E-state index is 12.0. The van der Waals surface area contributed by atoms with Crippen LogP contribution in [0.4, 0.5) is 0 Å². The van der Waals surface area contributed by atoms with Crippen LogP contribution < -0.4 is 5.32 Å². The summed E-state index contributed by atoms with van der Waals surface area (Å²) < 4.78 is 0. The van der Waals surface area contributed by atoms with Crippen LogP contribution in [0.1, 0.15) is 42.6 Å². The van der Waals surface area contributed by atoms with Crippen molar-refractivity contribution < 1.29 is 4.79 Å². The molecule has 1 atom stereocenters. The van der Waals surface area contributed by atoms with Gasteiger partial charge in [0.2, 0.25) is 5.91 Å². The minimum absolute atomic E-state index is 0.0209. The van der Waals surface area contributed by atoms with Gasteiger partial charge in [-0.25, -0.2) is 0 Å². The lowest BCUT2D eigenvalue weighted by Gasteiger charge is -2.16. The highest BCUT2D eigenvalue weighted by Gasteiger charge is 2.13. The molecule has 2 rings (SSSR count). The molecule has 2 aromatic heterocycles. The van der Waals surface area contributed by atoms with E-state index in [0.29, 0.717) is 12.8 Å². The summed E-state index contributed by atoms with van der Waals surface area (Å²) in [7, 11) is 0. The first kappa shape index (κ1) is 14.2. The van der Waals surface area contributed by atoms with Crippen LogP contribution in [-0.2, 0) is 11.2 Å². The number of nitrogens with one attached hydrogen (secondary N) is 2. The van der Waals surface area contributed by atoms with Crippen LogP contribution >= 0.6 is 0 Å². The molecule has 0 fully saturated rings. The Morgan fingerprint density at radius 2 is 2.25 bits per heavy atom. The summed E-state index contributed by atoms with van der Waals surface area (Å²) in [5, 5.41) is 9.64. The number of hydrogen-bond acceptors (Lipinski definition) is 3. The molecule has 0 saturated carbocycles. The monoisotopic (exact) mass is 272 g/mol. The zero-order chi connectivity index (χ0) is 14.4. The van der Waals surface area contributed by atoms with Gasteiger partial charge in [-0.15, -0.1) is 0 Å². The predicted molar refractivity (Wildman–Crippen MR) is 77.1 cm³/mol. The minimum Gasteiger partial charge on any atom is -0.348 e. The molecule has 0 spiro atoms. The minimum atomic E-state index is -0.0209. The molecule has 0 aliphatic heterocycles. The predicted octanol–water partition coefficient (Wildman–Crippen LogP) is 2.31. The summed E-state index contributed by atoms with van der Waals surface area (Å²) in [6, 6.07) is 3.97. The summed E-state index contributed by atoms with van der Waals surface area (Å²) in [6.45, 7) is 4.05. The van der Waals surface area contributed by atoms with Gasteiger partial charge in [0.25, 0.3) is 0 Å². The Morgan fingerprint density at radius 1 is 1.40 bits per heavy atom. The molecule has 2 N–H and O–H groups in total. The molecular weight excluding hydrogens is 252 g/mol. The number of aryl methyl sites for hydroxylation is 2. The van der Waals surface area contributed by atoms with Crippen molar-refractivity contribution in [1.29, 1.82) is 0 Å². The van der Waals surface area contributed by atoms with Gasteiger partial charge < -0.3 is 5.32 Å². The molecule has 0 aliphatic carbocycles. The average Bonchev–Trinajstić information content (AvgIpc) is 2.97. The fourth-order valence-electron chi connectivity index (χ4n) is 2.01. The number of rotatable bonds is 6. The first-order valence-electron chi connectivity index (χ1n) is 6.88. The molecule has 5 heteroatoms. The first-order valence-corrected chi connectivity index (χ1v) is 6.88. The van der Waals surface area contributed by atoms with Gasteiger partial charge >= 0.3 is 0 Å². The molecule has 0 radical (unpaired) electrons. The lowest BCUT2D eigenvalue weighted by Crippen LogP contribution is -2.28. The molecule has 1 amide bonds. The van der Waals surface area contributed by atoms with Gasteiger partial charge in [-0.3, -0.25) is 14.9 Å². The van der Waals surface area contributed by atoms with Gasteiger partial charge in [-0.05, 0) is 37.0 Å². The van der Waals surface area contributed by atoms with Crippen molar-refractivity contribution in [1.82, 2.24) is 20.5 Å². The molecule has 5 nitrogen and oxygen atoms in total. The molecule has 2 aromatic rings. The third kappa shape index (κ3) is 3.91. The van der Waals surface area contributed by atoms with E-state index >= 15 is 0 Å². The molecule has 106 valence electrons. The molecule has 0 aliphatic rings. The van der Waals surface area contributed by atoms with E-state index in [9.17, 15) is 4.79 Å². The van der Waals surface area contributed by atoms with Crippen LogP contribution in [-0.4, -0.2) is 21.1 Å². The Bertz CT molecular complexity index is 534. The second-order valence-corrected chi connectivity index (χ2v) is 4.90. The number of aromatic nitrogens is 3. The van der Waals surface area contributed by atoms with E-state index in [4.69, 9.17) is 0 Å². The molecule has 0 aromatic carbocycles. The number of nitrogens with zero attached hydrogens (tertiary/aromatic N) is 2. The molecule has 0 saturated heterocycles. The van der Waals surface area contributed by atoms with Crippen LogP contribution in [0.3, 0.4) is 0 Å². The largest absolute Gasteiger partial charge is 0.348 e. The number of amides is 1. The fourth-order valence-corrected chi connectivity index (χ4v) is 2.01. The Labute approximate surface area is 118 Å². The normalized spacial score (nSPS) is 12.1. The van der Waals surface area contributed by atoms with Gasteiger partial charge in [0.1, 0.15) is 0 Å². The van der Waals surface area contributed by atoms with E-state index in [-0.39, 0.29) is 11.9 Å². The summed E-state index contributed by atoms with van der Waals surface area (Å²) >= 11 is 0. The van der Waals surface area contributed by atoms with Crippen LogP contribution in [0, 0.1) is 6.92 Å². The van der Waals surface area contributed by atoms with Crippen LogP contribution in [0.15, 0.2) is 30.7 Å². The summed E-state index contributed by atoms with van der Waals surface area (Å²) in [5.41, 5.74) is 3.08. The second kappa shape index (κ2) is 6.84. The van der Waals surface area contributed by atoms with E-state index in [1.165, 1.54) is 0 Å². The molecule has 0 unspecified atom stereocenters. The Kier molecular flexibility index (Phi) is 4.87. The van der Waals surface area contributed by atoms with Crippen LogP contribution in [0.2, 0.25) is 0 Å². The van der Waals surface area contributed by atoms with Crippen molar-refractivity contribution in [2.24, 2.45) is 0 Å². The smallest absolute Gasteiger partial charge is 0.220 e. The number of H-pyrrole nitrogens is 1. The number of pyridine rings is 1. The van der Waals surface area contributed by atoms with Crippen molar-refractivity contribution in [2.75, 3.05) is 0 Å². The van der Waals surface area contributed by atoms with Crippen molar-refractivity contribution >= 4 is 5.91 Å². The van der Waals surface area contributed by atoms with Gasteiger partial charge in [0.05, 0.1) is 17.9 Å². The molecule has 2 heterocycles. The summed E-state index contributed by atoms with van der Waals surface area (Å²) in [5.74, 6) is 0.0421. The number of aromatic amines is 1. The Hall–Kier alpha value is -2.17. The van der Waals surface area contributed by atoms with Gasteiger partial charge in [-0.1, -0.05) is 13.0 Å². The van der Waals surface area contributed by atoms with E-state index in [2.05, 4.69) is 20.5 Å². The van der Waals surface area contributed by atoms with E-state index in [0.717, 1.165) is 23.2 Å². The molecule has 0 bridgehead atoms. The quantitative estimate of drug-likeness (QED) is 0.847. The van der Waals surface area contributed by atoms with E-state index in [1.807, 2.05) is 38.4 Å². The van der Waals surface area contributed by atoms with E-state index in [1.54, 1.807) is 6.20 Å². The fraction of sp³-hybridized carbons (Fsp3) is 0.400. The van der Waals surface area contributed by atoms with E-state index < -0.39 is 0 Å². The first-order chi connectivity index (χ1) is 9.69. The van der Waals surface area contributed by atoms with Crippen LogP contribution in [0.5, 0.6) is 0 Å². The maximum Gasteiger partial charge on any atom is 0.220 e. The zero-order valence-electron chi connectivity index (χ0n) is 11.9. The number of carbonyl (C=O) groups is 1. The topological polar surface area (TPSA) is 70.7 Å². The second-order valence-electron chi connectivity index (χ2n) is 4.90. The van der Waals surface area contributed by atoms with Crippen molar-refractivity contribution in [3.63, 3.8) is 0 Å². The number of carbonyl (C=O) groups excluding carboxylic acids is 1. The lowest BCUT2D eigenvalue weighted by atomic mass is 10.1. The van der Waals surface area contributed by atoms with Gasteiger partial charge in [0, 0.05) is 18.8 Å². The molecular formula is C15H20N4O. The molecule has 20 heavy (non-hydrogen) atoms. The Balaban J connectivity index is 1.89. The SMILES string of the molecule is CC[C@@H](NC(=O)CCc1cn[nH]c1)c1ccc(C)cn1. The number of hydrogen-bond donors (Lipinski definition) is 2. The standard InChI is InChI=1S/C15H20N4O/c1-3-13(14-6-4-11(2)8-16-14)19-15(20)7-5-12-9-17-18-10-12/h4,6,8-10,13H,3,5,7H2,1-2H3,(H,17,18)(H,19,20)/t13-/m1/s1. The van der Waals surface area contributed by atoms with Gasteiger partial charge in [-0.2, -0.15) is 5.10 Å². The highest BCUT2D eigenvalue weighted by molar-refractivity contribution is 5.76. The lowest BCUT2D eigenvalue weighted by molar-refractivity contribution is -0.121. The Morgan fingerprint density at radius 3 is 2.85 bits per heavy atom. The third-order valence-corrected chi connectivity index (χ3v) is 3.23. The zero-order valence-corrected chi connectivity index (χ0v) is 11.9. The summed E-state index contributed by atoms with van der Waals surface area (Å²) in [6.07, 6.45) is 7.36. The third-order valence-electron chi connectivity index (χ3n) is 3.23. The highest BCUT2D eigenvalue weighted by atomic mass is 16.1. The van der Waals surface area contributed by atoms with Crippen molar-refractivity contribution in [3.05, 3.63) is 47.5 Å². The van der Waals surface area contributed by atoms with Gasteiger partial charge in [0.15, 0.2) is 0 Å². The average molecular weight is 272 g/mol. The van der Waals surface area contributed by atoms with Crippen molar-refractivity contribution in [3.8, 4) is 0 Å².